The number of fused-ring (bicyclic) bond motifs is 1. The molecule has 0 aliphatic rings. The van der Waals surface area contributed by atoms with E-state index in [0.29, 0.717) is 15.9 Å². The van der Waals surface area contributed by atoms with Gasteiger partial charge in [-0.2, -0.15) is 0 Å². The van der Waals surface area contributed by atoms with Crippen molar-refractivity contribution in [3.05, 3.63) is 67.6 Å². The van der Waals surface area contributed by atoms with Crippen LogP contribution in [0.1, 0.15) is 12.0 Å². The standard InChI is InChI=1S/C20H16Cl3N3O4/c1-11-3-2-4-13-18(11)24-10-26(20(13)29)6-5-17(28)30-9-16(27)25-19-14(22)7-12(21)8-15(19)23/h2-4,7-8,10H,5-6,9H2,1H3,(H,25,27). The minimum absolute atomic E-state index is 0.0744. The Kier molecular flexibility index (Phi) is 6.97. The van der Waals surface area contributed by atoms with Crippen molar-refractivity contribution >= 4 is 63.3 Å². The van der Waals surface area contributed by atoms with Gasteiger partial charge in [0.1, 0.15) is 0 Å². The van der Waals surface area contributed by atoms with Gasteiger partial charge in [0.15, 0.2) is 6.61 Å². The average Bonchev–Trinajstić information content (AvgIpc) is 2.69. The topological polar surface area (TPSA) is 90.3 Å². The van der Waals surface area contributed by atoms with E-state index in [2.05, 4.69) is 10.3 Å². The lowest BCUT2D eigenvalue weighted by atomic mass is 10.1. The van der Waals surface area contributed by atoms with Crippen LogP contribution in [0.25, 0.3) is 10.9 Å². The third-order valence-corrected chi connectivity index (χ3v) is 5.06. The van der Waals surface area contributed by atoms with E-state index in [1.54, 1.807) is 12.1 Å². The van der Waals surface area contributed by atoms with Crippen molar-refractivity contribution in [2.45, 2.75) is 19.9 Å². The highest BCUT2D eigenvalue weighted by Crippen LogP contribution is 2.33. The molecule has 0 saturated heterocycles. The number of carbonyl (C=O) groups excluding carboxylic acids is 2. The van der Waals surface area contributed by atoms with Gasteiger partial charge in [-0.25, -0.2) is 4.98 Å². The van der Waals surface area contributed by atoms with Crippen molar-refractivity contribution in [1.82, 2.24) is 9.55 Å². The quantitative estimate of drug-likeness (QED) is 0.547. The predicted molar refractivity (Wildman–Crippen MR) is 116 cm³/mol. The van der Waals surface area contributed by atoms with Crippen LogP contribution in [0.5, 0.6) is 0 Å². The number of carbonyl (C=O) groups is 2. The molecule has 1 heterocycles. The van der Waals surface area contributed by atoms with Crippen LogP contribution in [-0.4, -0.2) is 28.0 Å². The summed E-state index contributed by atoms with van der Waals surface area (Å²) >= 11 is 17.8. The fourth-order valence-electron chi connectivity index (χ4n) is 2.76. The minimum Gasteiger partial charge on any atom is -0.456 e. The monoisotopic (exact) mass is 467 g/mol. The molecule has 0 radical (unpaired) electrons. The number of rotatable bonds is 6. The molecule has 0 aliphatic heterocycles. The second-order valence-electron chi connectivity index (χ2n) is 6.42. The number of nitrogens with zero attached hydrogens (tertiary/aromatic N) is 2. The first-order chi connectivity index (χ1) is 14.3. The molecule has 0 bridgehead atoms. The molecular weight excluding hydrogens is 453 g/mol. The molecule has 30 heavy (non-hydrogen) atoms. The lowest BCUT2D eigenvalue weighted by Gasteiger charge is -2.11. The second-order valence-corrected chi connectivity index (χ2v) is 7.67. The SMILES string of the molecule is Cc1cccc2c(=O)n(CCC(=O)OCC(=O)Nc3c(Cl)cc(Cl)cc3Cl)cnc12. The smallest absolute Gasteiger partial charge is 0.308 e. The van der Waals surface area contributed by atoms with Gasteiger partial charge in [0.05, 0.1) is 39.4 Å². The number of aryl methyl sites for hydroxylation is 2. The highest BCUT2D eigenvalue weighted by molar-refractivity contribution is 6.42. The van der Waals surface area contributed by atoms with E-state index < -0.39 is 18.5 Å². The summed E-state index contributed by atoms with van der Waals surface area (Å²) in [6.45, 7) is 1.41. The molecule has 3 aromatic rings. The normalized spacial score (nSPS) is 10.8. The Labute approximate surface area is 186 Å². The van der Waals surface area contributed by atoms with E-state index in [0.717, 1.165) is 5.56 Å². The summed E-state index contributed by atoms with van der Waals surface area (Å²) in [5.74, 6) is -1.26. The van der Waals surface area contributed by atoms with Crippen molar-refractivity contribution in [3.63, 3.8) is 0 Å². The van der Waals surface area contributed by atoms with Gasteiger partial charge < -0.3 is 10.1 Å². The first-order valence-corrected chi connectivity index (χ1v) is 9.94. The van der Waals surface area contributed by atoms with Gasteiger partial charge in [0.25, 0.3) is 11.5 Å². The van der Waals surface area contributed by atoms with Crippen molar-refractivity contribution in [2.75, 3.05) is 11.9 Å². The van der Waals surface area contributed by atoms with E-state index in [4.69, 9.17) is 39.5 Å². The Bertz CT molecular complexity index is 1170. The van der Waals surface area contributed by atoms with E-state index in [9.17, 15) is 14.4 Å². The maximum absolute atomic E-state index is 12.5. The zero-order valence-electron chi connectivity index (χ0n) is 15.7. The Hall–Kier alpha value is -2.61. The van der Waals surface area contributed by atoms with Gasteiger partial charge in [-0.1, -0.05) is 46.9 Å². The zero-order valence-corrected chi connectivity index (χ0v) is 18.0. The number of anilines is 1. The van der Waals surface area contributed by atoms with Crippen LogP contribution in [0, 0.1) is 6.92 Å². The molecule has 10 heteroatoms. The van der Waals surface area contributed by atoms with E-state index in [-0.39, 0.29) is 34.3 Å². The fraction of sp³-hybridized carbons (Fsp3) is 0.200. The summed E-state index contributed by atoms with van der Waals surface area (Å²) in [6, 6.07) is 8.17. The van der Waals surface area contributed by atoms with Gasteiger partial charge in [0.2, 0.25) is 0 Å². The van der Waals surface area contributed by atoms with Gasteiger partial charge in [-0.05, 0) is 30.7 Å². The van der Waals surface area contributed by atoms with Crippen LogP contribution in [-0.2, 0) is 20.9 Å². The Morgan fingerprint density at radius 3 is 2.57 bits per heavy atom. The number of ether oxygens (including phenoxy) is 1. The van der Waals surface area contributed by atoms with E-state index in [1.807, 2.05) is 13.0 Å². The maximum atomic E-state index is 12.5. The summed E-state index contributed by atoms with van der Waals surface area (Å²) in [6.07, 6.45) is 1.29. The third kappa shape index (κ3) is 5.11. The summed E-state index contributed by atoms with van der Waals surface area (Å²) in [5, 5.41) is 3.58. The third-order valence-electron chi connectivity index (χ3n) is 4.25. The number of amides is 1. The van der Waals surface area contributed by atoms with Crippen LogP contribution >= 0.6 is 34.8 Å². The molecule has 0 saturated carbocycles. The first-order valence-electron chi connectivity index (χ1n) is 8.81. The highest BCUT2D eigenvalue weighted by Gasteiger charge is 2.14. The molecular formula is C20H16Cl3N3O4. The number of hydrogen-bond acceptors (Lipinski definition) is 5. The number of para-hydroxylation sites is 1. The lowest BCUT2D eigenvalue weighted by Crippen LogP contribution is -2.24. The summed E-state index contributed by atoms with van der Waals surface area (Å²) < 4.78 is 6.28. The molecule has 0 unspecified atom stereocenters. The van der Waals surface area contributed by atoms with Crippen molar-refractivity contribution in [2.24, 2.45) is 0 Å². The molecule has 3 rings (SSSR count). The second kappa shape index (κ2) is 9.47. The highest BCUT2D eigenvalue weighted by atomic mass is 35.5. The van der Waals surface area contributed by atoms with Crippen molar-refractivity contribution < 1.29 is 14.3 Å². The zero-order chi connectivity index (χ0) is 21.8. The van der Waals surface area contributed by atoms with E-state index >= 15 is 0 Å². The molecule has 7 nitrogen and oxygen atoms in total. The lowest BCUT2D eigenvalue weighted by molar-refractivity contribution is -0.147. The molecule has 0 aliphatic carbocycles. The molecule has 0 atom stereocenters. The molecule has 156 valence electrons. The van der Waals surface area contributed by atoms with Gasteiger partial charge in [0, 0.05) is 11.6 Å². The number of benzene rings is 2. The van der Waals surface area contributed by atoms with Gasteiger partial charge in [-0.3, -0.25) is 19.0 Å². The fourth-order valence-corrected chi connectivity index (χ4v) is 3.68. The molecule has 1 amide bonds. The van der Waals surface area contributed by atoms with Crippen molar-refractivity contribution in [1.29, 1.82) is 0 Å². The first kappa shape index (κ1) is 22.1. The predicted octanol–water partition coefficient (Wildman–Crippen LogP) is 4.24. The van der Waals surface area contributed by atoms with Crippen molar-refractivity contribution in [3.8, 4) is 0 Å². The molecule has 0 fully saturated rings. The molecule has 2 aromatic carbocycles. The van der Waals surface area contributed by atoms with Crippen LogP contribution in [0.15, 0.2) is 41.5 Å². The van der Waals surface area contributed by atoms with Crippen LogP contribution in [0.3, 0.4) is 0 Å². The molecule has 0 spiro atoms. The number of nitrogens with one attached hydrogen (secondary N) is 1. The Morgan fingerprint density at radius 2 is 1.87 bits per heavy atom. The minimum atomic E-state index is -0.644. The van der Waals surface area contributed by atoms with Gasteiger partial charge in [-0.15, -0.1) is 0 Å². The number of esters is 1. The number of halogens is 3. The summed E-state index contributed by atoms with van der Waals surface area (Å²) in [5.41, 5.74) is 1.44. The average molecular weight is 469 g/mol. The molecule has 1 aromatic heterocycles. The Balaban J connectivity index is 1.55. The number of hydrogen-bond donors (Lipinski definition) is 1. The summed E-state index contributed by atoms with van der Waals surface area (Å²) in [4.78, 5) is 40.8. The maximum Gasteiger partial charge on any atom is 0.308 e. The molecule has 1 N–H and O–H groups in total. The van der Waals surface area contributed by atoms with Crippen LogP contribution in [0.2, 0.25) is 15.1 Å². The van der Waals surface area contributed by atoms with Crippen LogP contribution < -0.4 is 10.9 Å². The van der Waals surface area contributed by atoms with Crippen LogP contribution in [0.4, 0.5) is 5.69 Å². The van der Waals surface area contributed by atoms with E-state index in [1.165, 1.54) is 23.0 Å². The number of aromatic nitrogens is 2. The Morgan fingerprint density at radius 1 is 1.17 bits per heavy atom. The van der Waals surface area contributed by atoms with Gasteiger partial charge >= 0.3 is 5.97 Å². The largest absolute Gasteiger partial charge is 0.456 e. The summed E-state index contributed by atoms with van der Waals surface area (Å²) in [7, 11) is 0.